The van der Waals surface area contributed by atoms with Gasteiger partial charge in [0.05, 0.1) is 0 Å². The molecule has 0 aliphatic carbocycles. The number of nitrogens with one attached hydrogen (secondary N) is 1. The van der Waals surface area contributed by atoms with Crippen molar-refractivity contribution in [3.63, 3.8) is 0 Å². The summed E-state index contributed by atoms with van der Waals surface area (Å²) in [4.78, 5) is -2.03. The fraction of sp³-hybridized carbons (Fsp3) is 1.00. The Morgan fingerprint density at radius 2 is 1.20 bits per heavy atom. The highest BCUT2D eigenvalue weighted by Crippen LogP contribution is 2.62. The van der Waals surface area contributed by atoms with Gasteiger partial charge < -0.3 is 5.32 Å². The number of hydrogen-bond donors (Lipinski definition) is 1. The Morgan fingerprint density at radius 3 is 1.40 bits per heavy atom. The largest absolute Gasteiger partial charge is 0.303 e. The summed E-state index contributed by atoms with van der Waals surface area (Å²) < 4.78 is 41.8. The van der Waals surface area contributed by atoms with Gasteiger partial charge in [-0.05, 0) is 7.05 Å². The average molecular weight is 333 g/mol. The lowest BCUT2D eigenvalue weighted by Crippen LogP contribution is -2.60. The molecule has 0 aliphatic heterocycles. The summed E-state index contributed by atoms with van der Waals surface area (Å²) in [5.41, 5.74) is 0. The number of rotatable bonds is 4. The van der Waals surface area contributed by atoms with E-state index in [4.69, 9.17) is 0 Å². The molecule has 0 aromatic heterocycles. The van der Waals surface area contributed by atoms with Crippen LogP contribution in [0.25, 0.3) is 0 Å². The molecule has 6 unspecified atom stereocenters. The molecule has 0 spiro atoms. The highest BCUT2D eigenvalue weighted by Gasteiger charge is 2.64. The van der Waals surface area contributed by atoms with Crippen LogP contribution in [0.2, 0.25) is 0 Å². The standard InChI is InChI=1S/C5H16F3NP6/c1-9-5(14,15)2(6,7)3(10,11)4(8,12)13/h9H,10-15H2,1H3. The summed E-state index contributed by atoms with van der Waals surface area (Å²) in [6.45, 7) is 0. The predicted molar refractivity (Wildman–Crippen MR) is 81.6 cm³/mol. The topological polar surface area (TPSA) is 12.0 Å². The molecule has 0 rings (SSSR count). The van der Waals surface area contributed by atoms with Crippen LogP contribution in [0.1, 0.15) is 0 Å². The molecule has 0 aliphatic rings. The molecule has 0 fully saturated rings. The Hall–Kier alpha value is 2.33. The van der Waals surface area contributed by atoms with Crippen LogP contribution in [-0.4, -0.2) is 28.0 Å². The van der Waals surface area contributed by atoms with E-state index in [9.17, 15) is 13.2 Å². The van der Waals surface area contributed by atoms with Gasteiger partial charge in [0.2, 0.25) is 0 Å². The average Bonchev–Trinajstić information content (AvgIpc) is 2.01. The minimum atomic E-state index is -3.35. The zero-order valence-corrected chi connectivity index (χ0v) is 15.0. The lowest BCUT2D eigenvalue weighted by Gasteiger charge is -2.47. The zero-order chi connectivity index (χ0) is 12.7. The third-order valence-corrected chi connectivity index (χ3v) is 7.29. The smallest absolute Gasteiger partial charge is 0.288 e. The summed E-state index contributed by atoms with van der Waals surface area (Å²) in [5.74, 6) is -3.35. The van der Waals surface area contributed by atoms with Gasteiger partial charge in [0.25, 0.3) is 5.92 Å². The van der Waals surface area contributed by atoms with E-state index in [0.717, 1.165) is 0 Å². The van der Waals surface area contributed by atoms with Crippen LogP contribution in [0.3, 0.4) is 0 Å². The van der Waals surface area contributed by atoms with Crippen LogP contribution in [0, 0.1) is 0 Å². The summed E-state index contributed by atoms with van der Waals surface area (Å²) in [5, 5.41) is -1.48. The molecule has 0 radical (unpaired) electrons. The van der Waals surface area contributed by atoms with Crippen LogP contribution < -0.4 is 5.32 Å². The molecular formula is C5H16F3NP6. The van der Waals surface area contributed by atoms with E-state index in [0.29, 0.717) is 0 Å². The summed E-state index contributed by atoms with van der Waals surface area (Å²) in [6, 6.07) is 0. The third-order valence-electron chi connectivity index (χ3n) is 2.09. The highest BCUT2D eigenvalue weighted by atomic mass is 31.1. The Morgan fingerprint density at radius 1 is 0.867 bits per heavy atom. The second kappa shape index (κ2) is 5.14. The quantitative estimate of drug-likeness (QED) is 0.777. The van der Waals surface area contributed by atoms with E-state index in [-0.39, 0.29) is 0 Å². The molecule has 0 aromatic rings. The fourth-order valence-corrected chi connectivity index (χ4v) is 2.72. The number of alkyl halides is 3. The molecule has 92 valence electrons. The van der Waals surface area contributed by atoms with Crippen LogP contribution in [0.4, 0.5) is 13.2 Å². The van der Waals surface area contributed by atoms with Crippen molar-refractivity contribution in [3.8, 4) is 0 Å². The lowest BCUT2D eigenvalue weighted by atomic mass is 10.2. The second-order valence-corrected chi connectivity index (χ2v) is 10.7. The second-order valence-electron chi connectivity index (χ2n) is 3.33. The van der Waals surface area contributed by atoms with Gasteiger partial charge in [0.1, 0.15) is 9.92 Å². The van der Waals surface area contributed by atoms with Crippen molar-refractivity contribution in [2.45, 2.75) is 21.0 Å². The maximum atomic E-state index is 14.1. The molecule has 0 saturated carbocycles. The maximum absolute atomic E-state index is 14.1. The van der Waals surface area contributed by atoms with E-state index < -0.39 is 21.0 Å². The fourth-order valence-electron chi connectivity index (χ4n) is 0.740. The first-order chi connectivity index (χ1) is 6.31. The molecule has 1 nitrogen and oxygen atoms in total. The molecule has 6 atom stereocenters. The monoisotopic (exact) mass is 333 g/mol. The first-order valence-corrected chi connectivity index (χ1v) is 7.26. The third kappa shape index (κ3) is 3.21. The van der Waals surface area contributed by atoms with Gasteiger partial charge in [-0.1, -0.05) is 18.5 Å². The summed E-state index contributed by atoms with van der Waals surface area (Å²) in [6.07, 6.45) is 0. The van der Waals surface area contributed by atoms with Crippen molar-refractivity contribution >= 4 is 55.4 Å². The Bertz CT molecular complexity index is 237. The zero-order valence-electron chi connectivity index (χ0n) is 8.10. The van der Waals surface area contributed by atoms with E-state index in [1.54, 1.807) is 18.5 Å². The first kappa shape index (κ1) is 17.3. The molecule has 0 aromatic carbocycles. The number of hydrogen-bond acceptors (Lipinski definition) is 1. The first-order valence-electron chi connectivity index (χ1n) is 3.80. The summed E-state index contributed by atoms with van der Waals surface area (Å²) in [7, 11) is 12.5. The van der Waals surface area contributed by atoms with Crippen molar-refractivity contribution < 1.29 is 13.2 Å². The normalized spacial score (nSPS) is 15.6. The van der Waals surface area contributed by atoms with E-state index >= 15 is 0 Å². The Balaban J connectivity index is 5.38. The minimum Gasteiger partial charge on any atom is -0.303 e. The van der Waals surface area contributed by atoms with E-state index in [1.165, 1.54) is 7.05 Å². The SMILES string of the molecule is CNC(P)(P)C(F)(F)C(P)(P)C(F)(P)P. The molecule has 0 amide bonds. The van der Waals surface area contributed by atoms with Gasteiger partial charge in [-0.25, -0.2) is 13.2 Å². The molecular weight excluding hydrogens is 317 g/mol. The molecule has 10 heteroatoms. The maximum Gasteiger partial charge on any atom is 0.288 e. The lowest BCUT2D eigenvalue weighted by molar-refractivity contribution is -0.0450. The van der Waals surface area contributed by atoms with Gasteiger partial charge >= 0.3 is 0 Å². The van der Waals surface area contributed by atoms with Crippen molar-refractivity contribution in [3.05, 3.63) is 0 Å². The van der Waals surface area contributed by atoms with Crippen molar-refractivity contribution in [1.82, 2.24) is 5.32 Å². The Labute approximate surface area is 102 Å². The Kier molecular flexibility index (Phi) is 5.94. The van der Waals surface area contributed by atoms with Crippen LogP contribution in [-0.2, 0) is 0 Å². The molecule has 15 heavy (non-hydrogen) atoms. The molecule has 0 saturated heterocycles. The molecule has 1 N–H and O–H groups in total. The predicted octanol–water partition coefficient (Wildman–Crippen LogP) is 2.07. The van der Waals surface area contributed by atoms with Crippen molar-refractivity contribution in [2.75, 3.05) is 7.05 Å². The van der Waals surface area contributed by atoms with Crippen molar-refractivity contribution in [1.29, 1.82) is 0 Å². The minimum absolute atomic E-state index is 1.38. The van der Waals surface area contributed by atoms with Crippen LogP contribution in [0.15, 0.2) is 0 Å². The van der Waals surface area contributed by atoms with Gasteiger partial charge in [0.15, 0.2) is 5.15 Å². The van der Waals surface area contributed by atoms with Gasteiger partial charge in [-0.2, -0.15) is 0 Å². The van der Waals surface area contributed by atoms with Gasteiger partial charge in [-0.3, -0.25) is 0 Å². The van der Waals surface area contributed by atoms with E-state index in [2.05, 4.69) is 5.32 Å². The summed E-state index contributed by atoms with van der Waals surface area (Å²) >= 11 is 0. The van der Waals surface area contributed by atoms with Gasteiger partial charge in [0, 0.05) is 0 Å². The van der Waals surface area contributed by atoms with Crippen molar-refractivity contribution in [2.24, 2.45) is 0 Å². The van der Waals surface area contributed by atoms with Crippen LogP contribution in [0.5, 0.6) is 0 Å². The van der Waals surface area contributed by atoms with E-state index in [1.807, 2.05) is 37.0 Å². The molecule has 0 bridgehead atoms. The molecule has 0 heterocycles. The highest BCUT2D eigenvalue weighted by molar-refractivity contribution is 7.49. The van der Waals surface area contributed by atoms with Gasteiger partial charge in [-0.15, -0.1) is 37.0 Å². The van der Waals surface area contributed by atoms with Crippen LogP contribution >= 0.6 is 55.4 Å². The number of halogens is 3.